The molecule has 2 heterocycles. The Bertz CT molecular complexity index is 1020. The Hall–Kier alpha value is -2.22. The molecule has 7 heteroatoms. The highest BCUT2D eigenvalue weighted by Gasteiger charge is 2.20. The Morgan fingerprint density at radius 2 is 1.71 bits per heavy atom. The molecule has 148 valence electrons. The van der Waals surface area contributed by atoms with E-state index in [0.717, 1.165) is 36.2 Å². The van der Waals surface area contributed by atoms with Crippen molar-refractivity contribution in [3.63, 3.8) is 0 Å². The van der Waals surface area contributed by atoms with Crippen molar-refractivity contribution in [3.8, 4) is 0 Å². The summed E-state index contributed by atoms with van der Waals surface area (Å²) in [4.78, 5) is 13.7. The fourth-order valence-electron chi connectivity index (χ4n) is 3.90. The molecule has 2 aliphatic rings. The third-order valence-corrected chi connectivity index (χ3v) is 7.00. The van der Waals surface area contributed by atoms with Crippen molar-refractivity contribution in [2.45, 2.75) is 44.3 Å². The first-order valence-corrected chi connectivity index (χ1v) is 11.1. The van der Waals surface area contributed by atoms with Gasteiger partial charge in [-0.25, -0.2) is 13.1 Å². The smallest absolute Gasteiger partial charge is 0.240 e. The van der Waals surface area contributed by atoms with Crippen molar-refractivity contribution in [1.29, 1.82) is 0 Å². The summed E-state index contributed by atoms with van der Waals surface area (Å²) >= 11 is 0. The number of fused-ring (bicyclic) bond motifs is 2. The van der Waals surface area contributed by atoms with Gasteiger partial charge in [-0.1, -0.05) is 24.3 Å². The van der Waals surface area contributed by atoms with Gasteiger partial charge in [0.2, 0.25) is 15.9 Å². The molecule has 2 aliphatic heterocycles. The lowest BCUT2D eigenvalue weighted by molar-refractivity contribution is -0.128. The second kappa shape index (κ2) is 7.66. The number of amides is 1. The SMILES string of the molecule is CC(=O)N1CCc2ccc(S(=O)(=O)NCc3ccc4c(c3)CNC4)cc2CC1. The van der Waals surface area contributed by atoms with E-state index in [1.54, 1.807) is 19.1 Å². The highest BCUT2D eigenvalue weighted by Crippen LogP contribution is 2.21. The van der Waals surface area contributed by atoms with E-state index in [9.17, 15) is 13.2 Å². The number of sulfonamides is 1. The number of nitrogens with one attached hydrogen (secondary N) is 2. The third-order valence-electron chi connectivity index (χ3n) is 5.60. The Balaban J connectivity index is 1.48. The summed E-state index contributed by atoms with van der Waals surface area (Å²) in [7, 11) is -3.59. The normalized spacial score (nSPS) is 16.4. The Morgan fingerprint density at radius 3 is 2.50 bits per heavy atom. The summed E-state index contributed by atoms with van der Waals surface area (Å²) in [6.07, 6.45) is 1.43. The van der Waals surface area contributed by atoms with Gasteiger partial charge < -0.3 is 10.2 Å². The van der Waals surface area contributed by atoms with Crippen molar-refractivity contribution in [3.05, 3.63) is 64.2 Å². The van der Waals surface area contributed by atoms with Crippen molar-refractivity contribution in [2.24, 2.45) is 0 Å². The van der Waals surface area contributed by atoms with Crippen LogP contribution in [-0.4, -0.2) is 32.3 Å². The minimum atomic E-state index is -3.59. The lowest BCUT2D eigenvalue weighted by Crippen LogP contribution is -2.30. The van der Waals surface area contributed by atoms with Crippen molar-refractivity contribution in [1.82, 2.24) is 14.9 Å². The van der Waals surface area contributed by atoms with Crippen LogP contribution in [0.5, 0.6) is 0 Å². The number of carbonyl (C=O) groups is 1. The maximum absolute atomic E-state index is 12.8. The maximum Gasteiger partial charge on any atom is 0.240 e. The van der Waals surface area contributed by atoms with E-state index < -0.39 is 10.0 Å². The molecule has 2 N–H and O–H groups in total. The van der Waals surface area contributed by atoms with Gasteiger partial charge in [0, 0.05) is 39.6 Å². The van der Waals surface area contributed by atoms with E-state index in [4.69, 9.17) is 0 Å². The summed E-state index contributed by atoms with van der Waals surface area (Å²) in [6.45, 7) is 4.85. The van der Waals surface area contributed by atoms with Gasteiger partial charge in [-0.3, -0.25) is 4.79 Å². The minimum Gasteiger partial charge on any atom is -0.342 e. The zero-order valence-electron chi connectivity index (χ0n) is 16.0. The number of carbonyl (C=O) groups excluding carboxylic acids is 1. The van der Waals surface area contributed by atoms with Gasteiger partial charge in [-0.15, -0.1) is 0 Å². The molecule has 0 bridgehead atoms. The van der Waals surface area contributed by atoms with Crippen LogP contribution in [0.4, 0.5) is 0 Å². The molecular formula is C21H25N3O3S. The number of hydrogen-bond donors (Lipinski definition) is 2. The standard InChI is InChI=1S/C21H25N3O3S/c1-15(25)24-8-6-17-4-5-21(11-18(17)7-9-24)28(26,27)23-12-16-2-3-19-13-22-14-20(19)10-16/h2-5,10-11,22-23H,6-9,12-14H2,1H3. The molecule has 0 aromatic heterocycles. The van der Waals surface area contributed by atoms with Gasteiger partial charge in [0.1, 0.15) is 0 Å². The highest BCUT2D eigenvalue weighted by molar-refractivity contribution is 7.89. The van der Waals surface area contributed by atoms with Gasteiger partial charge in [0.05, 0.1) is 4.90 Å². The molecule has 6 nitrogen and oxygen atoms in total. The monoisotopic (exact) mass is 399 g/mol. The molecule has 0 aliphatic carbocycles. The number of hydrogen-bond acceptors (Lipinski definition) is 4. The second-order valence-corrected chi connectivity index (χ2v) is 9.23. The van der Waals surface area contributed by atoms with Crippen molar-refractivity contribution in [2.75, 3.05) is 13.1 Å². The molecule has 2 aromatic rings. The Morgan fingerprint density at radius 1 is 1.00 bits per heavy atom. The second-order valence-electron chi connectivity index (χ2n) is 7.47. The summed E-state index contributed by atoms with van der Waals surface area (Å²) in [5.41, 5.74) is 5.59. The molecule has 0 radical (unpaired) electrons. The molecule has 2 aromatic carbocycles. The van der Waals surface area contributed by atoms with Crippen molar-refractivity contribution >= 4 is 15.9 Å². The van der Waals surface area contributed by atoms with E-state index >= 15 is 0 Å². The van der Waals surface area contributed by atoms with Crippen LogP contribution in [0.2, 0.25) is 0 Å². The fraction of sp³-hybridized carbons (Fsp3) is 0.381. The minimum absolute atomic E-state index is 0.0619. The van der Waals surface area contributed by atoms with Crippen LogP contribution in [0.25, 0.3) is 0 Å². The van der Waals surface area contributed by atoms with Gasteiger partial charge >= 0.3 is 0 Å². The number of nitrogens with zero attached hydrogens (tertiary/aromatic N) is 1. The Labute approximate surface area is 166 Å². The Kier molecular flexibility index (Phi) is 5.23. The fourth-order valence-corrected chi connectivity index (χ4v) is 4.97. The molecule has 0 atom stereocenters. The maximum atomic E-state index is 12.8. The summed E-state index contributed by atoms with van der Waals surface area (Å²) in [5, 5.41) is 3.29. The molecule has 0 fully saturated rings. The zero-order valence-corrected chi connectivity index (χ0v) is 16.8. The molecule has 1 amide bonds. The van der Waals surface area contributed by atoms with Crippen LogP contribution in [0.15, 0.2) is 41.3 Å². The van der Waals surface area contributed by atoms with E-state index in [1.807, 2.05) is 17.0 Å². The predicted octanol–water partition coefficient (Wildman–Crippen LogP) is 1.72. The van der Waals surface area contributed by atoms with Crippen LogP contribution in [0.3, 0.4) is 0 Å². The summed E-state index contributed by atoms with van der Waals surface area (Å²) in [6, 6.07) is 11.4. The highest BCUT2D eigenvalue weighted by atomic mass is 32.2. The van der Waals surface area contributed by atoms with E-state index in [2.05, 4.69) is 22.2 Å². The third kappa shape index (κ3) is 3.97. The predicted molar refractivity (Wildman–Crippen MR) is 107 cm³/mol. The lowest BCUT2D eigenvalue weighted by Gasteiger charge is -2.17. The molecule has 4 rings (SSSR count). The quantitative estimate of drug-likeness (QED) is 0.821. The lowest BCUT2D eigenvalue weighted by atomic mass is 10.0. The van der Waals surface area contributed by atoms with E-state index in [-0.39, 0.29) is 17.3 Å². The first kappa shape index (κ1) is 19.1. The average molecular weight is 400 g/mol. The first-order valence-electron chi connectivity index (χ1n) is 9.61. The van der Waals surface area contributed by atoms with Crippen LogP contribution >= 0.6 is 0 Å². The molecule has 0 saturated carbocycles. The molecule has 0 spiro atoms. The summed E-state index contributed by atoms with van der Waals surface area (Å²) < 4.78 is 28.3. The molecule has 28 heavy (non-hydrogen) atoms. The summed E-state index contributed by atoms with van der Waals surface area (Å²) in [5.74, 6) is 0.0619. The van der Waals surface area contributed by atoms with Gasteiger partial charge in [-0.2, -0.15) is 0 Å². The van der Waals surface area contributed by atoms with Gasteiger partial charge in [-0.05, 0) is 52.8 Å². The van der Waals surface area contributed by atoms with Crippen molar-refractivity contribution < 1.29 is 13.2 Å². The number of benzene rings is 2. The number of rotatable bonds is 4. The first-order chi connectivity index (χ1) is 13.4. The molecular weight excluding hydrogens is 374 g/mol. The molecule has 0 unspecified atom stereocenters. The average Bonchev–Trinajstić information content (AvgIpc) is 3.03. The van der Waals surface area contributed by atoms with Gasteiger partial charge in [0.15, 0.2) is 0 Å². The van der Waals surface area contributed by atoms with E-state index in [1.165, 1.54) is 11.1 Å². The van der Waals surface area contributed by atoms with E-state index in [0.29, 0.717) is 19.5 Å². The largest absolute Gasteiger partial charge is 0.342 e. The zero-order chi connectivity index (χ0) is 19.7. The van der Waals surface area contributed by atoms with Crippen LogP contribution in [0, 0.1) is 0 Å². The van der Waals surface area contributed by atoms with Gasteiger partial charge in [0.25, 0.3) is 0 Å². The molecule has 0 saturated heterocycles. The van der Waals surface area contributed by atoms with Crippen LogP contribution in [0.1, 0.15) is 34.7 Å². The van der Waals surface area contributed by atoms with Crippen LogP contribution in [-0.2, 0) is 47.3 Å². The van der Waals surface area contributed by atoms with Crippen LogP contribution < -0.4 is 10.0 Å². The topological polar surface area (TPSA) is 78.5 Å².